The monoisotopic (exact) mass is 223 g/mol. The van der Waals surface area contributed by atoms with Gasteiger partial charge in [-0.25, -0.2) is 0 Å². The summed E-state index contributed by atoms with van der Waals surface area (Å²) in [7, 11) is 6.13. The van der Waals surface area contributed by atoms with Gasteiger partial charge in [-0.15, -0.1) is 0 Å². The second-order valence-electron chi connectivity index (χ2n) is 4.60. The number of quaternary nitrogens is 1. The van der Waals surface area contributed by atoms with Crippen LogP contribution in [0.1, 0.15) is 6.92 Å². The minimum Gasteiger partial charge on any atom is -1.00 e. The molecular weight excluding hydrogens is 202 g/mol. The summed E-state index contributed by atoms with van der Waals surface area (Å²) in [5, 5.41) is 9.53. The Hall–Kier alpha value is -0.0900. The molecule has 14 heavy (non-hydrogen) atoms. The lowest BCUT2D eigenvalue weighted by Crippen LogP contribution is -3.00. The fraction of sp³-hybridized carbons (Fsp3) is 0.800. The second kappa shape index (κ2) is 7.23. The first-order valence-electron chi connectivity index (χ1n) is 4.52. The van der Waals surface area contributed by atoms with Gasteiger partial charge < -0.3 is 26.7 Å². The molecule has 0 aromatic carbocycles. The highest BCUT2D eigenvalue weighted by atomic mass is 35.5. The summed E-state index contributed by atoms with van der Waals surface area (Å²) < 4.78 is 5.99. The van der Waals surface area contributed by atoms with E-state index in [4.69, 9.17) is 4.74 Å². The molecule has 1 atom stereocenters. The summed E-state index contributed by atoms with van der Waals surface area (Å²) in [6.07, 6.45) is -0.389. The molecule has 0 aliphatic carbocycles. The molecular formula is C10H22ClNO2. The molecule has 86 valence electrons. The number of aliphatic hydroxyl groups excluding tert-OH is 1. The maximum Gasteiger partial charge on any atom is 0.126 e. The van der Waals surface area contributed by atoms with Crippen molar-refractivity contribution in [1.82, 2.24) is 0 Å². The van der Waals surface area contributed by atoms with E-state index in [0.29, 0.717) is 19.8 Å². The Bertz CT molecular complexity index is 166. The van der Waals surface area contributed by atoms with Crippen LogP contribution in [0.25, 0.3) is 0 Å². The zero-order chi connectivity index (χ0) is 10.5. The van der Waals surface area contributed by atoms with Crippen LogP contribution in [0.15, 0.2) is 12.2 Å². The van der Waals surface area contributed by atoms with E-state index in [0.717, 1.165) is 10.1 Å². The van der Waals surface area contributed by atoms with E-state index < -0.39 is 0 Å². The lowest BCUT2D eigenvalue weighted by molar-refractivity contribution is -0.873. The predicted octanol–water partition coefficient (Wildman–Crippen LogP) is -2.35. The highest BCUT2D eigenvalue weighted by molar-refractivity contribution is 4.87. The Morgan fingerprint density at radius 3 is 2.29 bits per heavy atom. The lowest BCUT2D eigenvalue weighted by Gasteiger charge is -2.26. The number of ether oxygens (including phenoxy) is 1. The first-order valence-corrected chi connectivity index (χ1v) is 4.52. The highest BCUT2D eigenvalue weighted by Gasteiger charge is 2.14. The SMILES string of the molecule is C=C(C)COCC(O)C[N+](C)(C)C.[Cl-]. The molecule has 0 aromatic rings. The molecule has 0 bridgehead atoms. The Balaban J connectivity index is 0. The van der Waals surface area contributed by atoms with E-state index in [9.17, 15) is 5.11 Å². The van der Waals surface area contributed by atoms with Crippen molar-refractivity contribution in [3.05, 3.63) is 12.2 Å². The van der Waals surface area contributed by atoms with Gasteiger partial charge in [-0.2, -0.15) is 0 Å². The van der Waals surface area contributed by atoms with Crippen LogP contribution in [0.5, 0.6) is 0 Å². The Morgan fingerprint density at radius 2 is 1.93 bits per heavy atom. The zero-order valence-corrected chi connectivity index (χ0v) is 10.3. The molecule has 4 heteroatoms. The molecule has 0 fully saturated rings. The van der Waals surface area contributed by atoms with Gasteiger partial charge >= 0.3 is 0 Å². The van der Waals surface area contributed by atoms with Crippen molar-refractivity contribution in [1.29, 1.82) is 0 Å². The molecule has 1 unspecified atom stereocenters. The third-order valence-corrected chi connectivity index (χ3v) is 1.42. The van der Waals surface area contributed by atoms with Gasteiger partial charge in [-0.1, -0.05) is 12.2 Å². The summed E-state index contributed by atoms with van der Waals surface area (Å²) in [6.45, 7) is 7.26. The van der Waals surface area contributed by atoms with Crippen LogP contribution in [0.4, 0.5) is 0 Å². The van der Waals surface area contributed by atoms with Crippen molar-refractivity contribution in [3.63, 3.8) is 0 Å². The largest absolute Gasteiger partial charge is 1.00 e. The quantitative estimate of drug-likeness (QED) is 0.404. The Morgan fingerprint density at radius 1 is 1.43 bits per heavy atom. The topological polar surface area (TPSA) is 29.5 Å². The summed E-state index contributed by atoms with van der Waals surface area (Å²) in [5.74, 6) is 0. The average molecular weight is 224 g/mol. The predicted molar refractivity (Wildman–Crippen MR) is 54.5 cm³/mol. The van der Waals surface area contributed by atoms with Crippen molar-refractivity contribution >= 4 is 0 Å². The summed E-state index contributed by atoms with van der Waals surface area (Å²) in [6, 6.07) is 0. The second-order valence-corrected chi connectivity index (χ2v) is 4.60. The fourth-order valence-corrected chi connectivity index (χ4v) is 1.05. The molecule has 1 N–H and O–H groups in total. The molecule has 0 radical (unpaired) electrons. The summed E-state index contributed by atoms with van der Waals surface area (Å²) in [5.41, 5.74) is 0.984. The Labute approximate surface area is 93.4 Å². The Kier molecular flexibility index (Phi) is 8.45. The first kappa shape index (κ1) is 16.3. The van der Waals surface area contributed by atoms with E-state index >= 15 is 0 Å². The van der Waals surface area contributed by atoms with Crippen molar-refractivity contribution in [2.75, 3.05) is 40.9 Å². The van der Waals surface area contributed by atoms with E-state index in [2.05, 4.69) is 6.58 Å². The van der Waals surface area contributed by atoms with Crippen LogP contribution >= 0.6 is 0 Å². The molecule has 3 nitrogen and oxygen atoms in total. The summed E-state index contributed by atoms with van der Waals surface area (Å²) >= 11 is 0. The molecule has 0 aliphatic heterocycles. The molecule has 0 spiro atoms. The van der Waals surface area contributed by atoms with Crippen LogP contribution < -0.4 is 12.4 Å². The average Bonchev–Trinajstić information content (AvgIpc) is 1.81. The standard InChI is InChI=1S/C10H22NO2.ClH/c1-9(2)7-13-8-10(12)6-11(3,4)5;/h10,12H,1,6-8H2,2-5H3;1H/q+1;/p-1. The molecule has 0 aliphatic rings. The van der Waals surface area contributed by atoms with Gasteiger partial charge in [0.25, 0.3) is 0 Å². The van der Waals surface area contributed by atoms with Crippen LogP contribution in [0.2, 0.25) is 0 Å². The molecule has 0 heterocycles. The van der Waals surface area contributed by atoms with E-state index in [1.54, 1.807) is 0 Å². The zero-order valence-electron chi connectivity index (χ0n) is 9.59. The summed E-state index contributed by atoms with van der Waals surface area (Å²) in [4.78, 5) is 0. The van der Waals surface area contributed by atoms with Gasteiger partial charge in [0.15, 0.2) is 0 Å². The van der Waals surface area contributed by atoms with Gasteiger partial charge in [0.05, 0.1) is 34.4 Å². The van der Waals surface area contributed by atoms with E-state index in [1.807, 2.05) is 28.1 Å². The van der Waals surface area contributed by atoms with Gasteiger partial charge in [-0.3, -0.25) is 0 Å². The number of hydrogen-bond donors (Lipinski definition) is 1. The normalized spacial score (nSPS) is 13.2. The van der Waals surface area contributed by atoms with Crippen molar-refractivity contribution in [2.24, 2.45) is 0 Å². The number of nitrogens with zero attached hydrogens (tertiary/aromatic N) is 1. The van der Waals surface area contributed by atoms with Crippen LogP contribution in [0.3, 0.4) is 0 Å². The number of aliphatic hydroxyl groups is 1. The van der Waals surface area contributed by atoms with E-state index in [-0.39, 0.29) is 18.5 Å². The molecule has 0 saturated carbocycles. The third kappa shape index (κ3) is 11.9. The third-order valence-electron chi connectivity index (χ3n) is 1.42. The van der Waals surface area contributed by atoms with Crippen molar-refractivity contribution in [3.8, 4) is 0 Å². The van der Waals surface area contributed by atoms with Crippen LogP contribution in [-0.4, -0.2) is 56.6 Å². The van der Waals surface area contributed by atoms with Crippen molar-refractivity contribution in [2.45, 2.75) is 13.0 Å². The van der Waals surface area contributed by atoms with Gasteiger partial charge in [-0.05, 0) is 6.92 Å². The van der Waals surface area contributed by atoms with Gasteiger partial charge in [0.1, 0.15) is 12.6 Å². The number of halogens is 1. The number of rotatable bonds is 6. The maximum atomic E-state index is 9.53. The van der Waals surface area contributed by atoms with Gasteiger partial charge in [0, 0.05) is 0 Å². The smallest absolute Gasteiger partial charge is 0.126 e. The minimum atomic E-state index is -0.389. The first-order chi connectivity index (χ1) is 5.81. The highest BCUT2D eigenvalue weighted by Crippen LogP contribution is 1.97. The minimum absolute atomic E-state index is 0. The number of hydrogen-bond acceptors (Lipinski definition) is 2. The van der Waals surface area contributed by atoms with Crippen LogP contribution in [-0.2, 0) is 4.74 Å². The van der Waals surface area contributed by atoms with Crippen molar-refractivity contribution < 1.29 is 26.7 Å². The fourth-order valence-electron chi connectivity index (χ4n) is 1.05. The molecule has 0 rings (SSSR count). The van der Waals surface area contributed by atoms with E-state index in [1.165, 1.54) is 0 Å². The van der Waals surface area contributed by atoms with Crippen LogP contribution in [0, 0.1) is 0 Å². The number of likely N-dealkylation sites (N-methyl/N-ethyl adjacent to an activating group) is 1. The maximum absolute atomic E-state index is 9.53. The lowest BCUT2D eigenvalue weighted by atomic mass is 10.3. The molecule has 0 amide bonds. The van der Waals surface area contributed by atoms with Gasteiger partial charge in [0.2, 0.25) is 0 Å². The molecule has 0 aromatic heterocycles. The molecule has 0 saturated heterocycles.